The normalized spacial score (nSPS) is 17.6. The standard InChI is InChI=1S/C18H19FN4O2/c19-14-3-1-2-13(10-14)17(24)22-6-8-23(9-7-22)18(25)16-11-15(20-21-16)12-4-5-12/h1-3,10-12H,4-9H2,(H,20,21). The van der Waals surface area contributed by atoms with Gasteiger partial charge in [-0.1, -0.05) is 6.07 Å². The van der Waals surface area contributed by atoms with E-state index in [1.807, 2.05) is 6.07 Å². The molecule has 130 valence electrons. The predicted octanol–water partition coefficient (Wildman–Crippen LogP) is 2.02. The summed E-state index contributed by atoms with van der Waals surface area (Å²) in [6.07, 6.45) is 2.30. The summed E-state index contributed by atoms with van der Waals surface area (Å²) in [5.41, 5.74) is 1.80. The molecule has 2 aromatic rings. The van der Waals surface area contributed by atoms with E-state index in [2.05, 4.69) is 10.2 Å². The van der Waals surface area contributed by atoms with E-state index in [0.717, 1.165) is 18.5 Å². The van der Waals surface area contributed by atoms with E-state index in [0.29, 0.717) is 43.4 Å². The van der Waals surface area contributed by atoms with E-state index >= 15 is 0 Å². The molecular weight excluding hydrogens is 323 g/mol. The molecule has 2 heterocycles. The Bertz CT molecular complexity index is 807. The Hall–Kier alpha value is -2.70. The monoisotopic (exact) mass is 342 g/mol. The zero-order chi connectivity index (χ0) is 17.4. The number of hydrogen-bond donors (Lipinski definition) is 1. The number of H-pyrrole nitrogens is 1. The van der Waals surface area contributed by atoms with Crippen LogP contribution >= 0.6 is 0 Å². The van der Waals surface area contributed by atoms with E-state index in [1.165, 1.54) is 18.2 Å². The lowest BCUT2D eigenvalue weighted by Crippen LogP contribution is -2.50. The zero-order valence-electron chi connectivity index (χ0n) is 13.7. The van der Waals surface area contributed by atoms with E-state index in [1.54, 1.807) is 15.9 Å². The van der Waals surface area contributed by atoms with Crippen molar-refractivity contribution >= 4 is 11.8 Å². The molecule has 0 atom stereocenters. The lowest BCUT2D eigenvalue weighted by atomic mass is 10.1. The average molecular weight is 342 g/mol. The molecular formula is C18H19FN4O2. The maximum atomic E-state index is 13.3. The fourth-order valence-electron chi connectivity index (χ4n) is 3.13. The maximum absolute atomic E-state index is 13.3. The number of benzene rings is 1. The largest absolute Gasteiger partial charge is 0.335 e. The van der Waals surface area contributed by atoms with Crippen LogP contribution in [-0.4, -0.2) is 58.0 Å². The van der Waals surface area contributed by atoms with Crippen molar-refractivity contribution in [2.45, 2.75) is 18.8 Å². The summed E-state index contributed by atoms with van der Waals surface area (Å²) in [6, 6.07) is 7.52. The van der Waals surface area contributed by atoms with Crippen molar-refractivity contribution in [3.05, 3.63) is 53.1 Å². The first-order chi connectivity index (χ1) is 12.1. The van der Waals surface area contributed by atoms with E-state index < -0.39 is 5.82 Å². The molecule has 7 heteroatoms. The summed E-state index contributed by atoms with van der Waals surface area (Å²) < 4.78 is 13.3. The number of aromatic nitrogens is 2. The molecule has 1 aromatic carbocycles. The molecule has 4 rings (SSSR count). The van der Waals surface area contributed by atoms with Gasteiger partial charge in [0, 0.05) is 43.4 Å². The Morgan fingerprint density at radius 3 is 2.36 bits per heavy atom. The molecule has 1 aliphatic heterocycles. The number of nitrogens with one attached hydrogen (secondary N) is 1. The molecule has 1 saturated carbocycles. The van der Waals surface area contributed by atoms with Crippen LogP contribution in [0.15, 0.2) is 30.3 Å². The highest BCUT2D eigenvalue weighted by Gasteiger charge is 2.29. The van der Waals surface area contributed by atoms with Gasteiger partial charge < -0.3 is 9.80 Å². The summed E-state index contributed by atoms with van der Waals surface area (Å²) in [4.78, 5) is 28.3. The Balaban J connectivity index is 1.37. The van der Waals surface area contributed by atoms with Crippen molar-refractivity contribution in [3.63, 3.8) is 0 Å². The minimum absolute atomic E-state index is 0.110. The number of aromatic amines is 1. The van der Waals surface area contributed by atoms with E-state index in [9.17, 15) is 14.0 Å². The highest BCUT2D eigenvalue weighted by Crippen LogP contribution is 2.39. The third kappa shape index (κ3) is 3.26. The number of carbonyl (C=O) groups excluding carboxylic acids is 2. The summed E-state index contributed by atoms with van der Waals surface area (Å²) in [5.74, 6) is -0.220. The SMILES string of the molecule is O=C(c1cccc(F)c1)N1CCN(C(=O)c2cc(C3CC3)[nH]n2)CC1. The Kier molecular flexibility index (Phi) is 3.99. The Morgan fingerprint density at radius 2 is 1.72 bits per heavy atom. The second kappa shape index (κ2) is 6.31. The highest BCUT2D eigenvalue weighted by atomic mass is 19.1. The second-order valence-corrected chi connectivity index (χ2v) is 6.58. The molecule has 25 heavy (non-hydrogen) atoms. The molecule has 6 nitrogen and oxygen atoms in total. The van der Waals surface area contributed by atoms with Gasteiger partial charge in [-0.15, -0.1) is 0 Å². The quantitative estimate of drug-likeness (QED) is 0.928. The van der Waals surface area contributed by atoms with Gasteiger partial charge in [0.25, 0.3) is 11.8 Å². The Morgan fingerprint density at radius 1 is 1.04 bits per heavy atom. The predicted molar refractivity (Wildman–Crippen MR) is 88.8 cm³/mol. The van der Waals surface area contributed by atoms with Gasteiger partial charge in [0.1, 0.15) is 11.5 Å². The minimum atomic E-state index is -0.426. The molecule has 1 saturated heterocycles. The van der Waals surface area contributed by atoms with Crippen molar-refractivity contribution in [3.8, 4) is 0 Å². The minimum Gasteiger partial charge on any atom is -0.335 e. The second-order valence-electron chi connectivity index (χ2n) is 6.58. The van der Waals surface area contributed by atoms with Gasteiger partial charge in [0.15, 0.2) is 0 Å². The van der Waals surface area contributed by atoms with Crippen molar-refractivity contribution < 1.29 is 14.0 Å². The van der Waals surface area contributed by atoms with Crippen LogP contribution in [0.5, 0.6) is 0 Å². The van der Waals surface area contributed by atoms with Crippen molar-refractivity contribution in [1.82, 2.24) is 20.0 Å². The highest BCUT2D eigenvalue weighted by molar-refractivity contribution is 5.95. The van der Waals surface area contributed by atoms with Crippen LogP contribution in [-0.2, 0) is 0 Å². The number of rotatable bonds is 3. The van der Waals surface area contributed by atoms with Crippen LogP contribution in [0, 0.1) is 5.82 Å². The summed E-state index contributed by atoms with van der Waals surface area (Å²) >= 11 is 0. The zero-order valence-corrected chi connectivity index (χ0v) is 13.7. The lowest BCUT2D eigenvalue weighted by Gasteiger charge is -2.34. The number of hydrogen-bond acceptors (Lipinski definition) is 3. The van der Waals surface area contributed by atoms with Gasteiger partial charge in [-0.2, -0.15) is 5.10 Å². The number of nitrogens with zero attached hydrogens (tertiary/aromatic N) is 3. The van der Waals surface area contributed by atoms with Crippen LogP contribution in [0.25, 0.3) is 0 Å². The van der Waals surface area contributed by atoms with E-state index in [4.69, 9.17) is 0 Å². The van der Waals surface area contributed by atoms with Crippen LogP contribution < -0.4 is 0 Å². The number of piperazine rings is 1. The first-order valence-corrected chi connectivity index (χ1v) is 8.51. The third-order valence-corrected chi connectivity index (χ3v) is 4.76. The summed E-state index contributed by atoms with van der Waals surface area (Å²) in [5, 5.41) is 7.07. The molecule has 1 aliphatic carbocycles. The van der Waals surface area contributed by atoms with Crippen molar-refractivity contribution in [2.75, 3.05) is 26.2 Å². The maximum Gasteiger partial charge on any atom is 0.274 e. The van der Waals surface area contributed by atoms with Crippen LogP contribution in [0.2, 0.25) is 0 Å². The van der Waals surface area contributed by atoms with Crippen LogP contribution in [0.3, 0.4) is 0 Å². The topological polar surface area (TPSA) is 69.3 Å². The molecule has 0 unspecified atom stereocenters. The number of carbonyl (C=O) groups is 2. The van der Waals surface area contributed by atoms with Gasteiger partial charge in [0.2, 0.25) is 0 Å². The molecule has 0 spiro atoms. The lowest BCUT2D eigenvalue weighted by molar-refractivity contribution is 0.0532. The van der Waals surface area contributed by atoms with E-state index in [-0.39, 0.29) is 11.8 Å². The Labute approximate surface area is 144 Å². The third-order valence-electron chi connectivity index (χ3n) is 4.76. The van der Waals surface area contributed by atoms with Crippen molar-refractivity contribution in [2.24, 2.45) is 0 Å². The van der Waals surface area contributed by atoms with Gasteiger partial charge in [0.05, 0.1) is 0 Å². The van der Waals surface area contributed by atoms with Gasteiger partial charge in [-0.3, -0.25) is 14.7 Å². The first kappa shape index (κ1) is 15.8. The number of halogens is 1. The molecule has 2 aliphatic rings. The van der Waals surface area contributed by atoms with Crippen LogP contribution in [0.4, 0.5) is 4.39 Å². The summed E-state index contributed by atoms with van der Waals surface area (Å²) in [6.45, 7) is 1.76. The molecule has 1 N–H and O–H groups in total. The fraction of sp³-hybridized carbons (Fsp3) is 0.389. The average Bonchev–Trinajstić information content (AvgIpc) is 3.37. The summed E-state index contributed by atoms with van der Waals surface area (Å²) in [7, 11) is 0. The molecule has 2 fully saturated rings. The van der Waals surface area contributed by atoms with Crippen molar-refractivity contribution in [1.29, 1.82) is 0 Å². The fourth-order valence-corrected chi connectivity index (χ4v) is 3.13. The molecule has 0 bridgehead atoms. The smallest absolute Gasteiger partial charge is 0.274 e. The van der Waals surface area contributed by atoms with Gasteiger partial charge in [-0.25, -0.2) is 4.39 Å². The van der Waals surface area contributed by atoms with Crippen LogP contribution in [0.1, 0.15) is 45.3 Å². The molecule has 2 amide bonds. The molecule has 1 aromatic heterocycles. The number of amides is 2. The van der Waals surface area contributed by atoms with Gasteiger partial charge >= 0.3 is 0 Å². The molecule has 0 radical (unpaired) electrons. The van der Waals surface area contributed by atoms with Gasteiger partial charge in [-0.05, 0) is 37.1 Å². The first-order valence-electron chi connectivity index (χ1n) is 8.51.